The molecular weight excluding hydrogens is 520 g/mol. The van der Waals surface area contributed by atoms with Crippen molar-refractivity contribution >= 4 is 64.2 Å². The molecule has 32 heavy (non-hydrogen) atoms. The Bertz CT molecular complexity index is 1490. The monoisotopic (exact) mass is 536 g/mol. The predicted octanol–water partition coefficient (Wildman–Crippen LogP) is 10.0. The van der Waals surface area contributed by atoms with Gasteiger partial charge in [-0.15, -0.1) is 0 Å². The number of rotatable bonds is 2. The van der Waals surface area contributed by atoms with Gasteiger partial charge in [-0.05, 0) is 91.0 Å². The number of benzene rings is 6. The number of halogens is 2. The van der Waals surface area contributed by atoms with E-state index in [1.165, 1.54) is 54.6 Å². The molecule has 0 aliphatic carbocycles. The topological polar surface area (TPSA) is 0 Å². The zero-order chi connectivity index (χ0) is 21.7. The summed E-state index contributed by atoms with van der Waals surface area (Å²) in [7, 11) is 0. The van der Waals surface area contributed by atoms with Crippen molar-refractivity contribution in [3.8, 4) is 22.3 Å². The average Bonchev–Trinajstić information content (AvgIpc) is 2.84. The molecule has 0 spiro atoms. The van der Waals surface area contributed by atoms with Crippen LogP contribution in [0.25, 0.3) is 54.6 Å². The fourth-order valence-corrected chi connectivity index (χ4v) is 5.43. The Hall–Kier alpha value is -2.94. The molecule has 0 aromatic heterocycles. The largest absolute Gasteiger partial charge is 0.0622 e. The number of hydrogen-bond acceptors (Lipinski definition) is 0. The minimum atomic E-state index is 1.09. The summed E-state index contributed by atoms with van der Waals surface area (Å²) >= 11 is 7.36. The molecule has 0 radical (unpaired) electrons. The van der Waals surface area contributed by atoms with E-state index < -0.39 is 0 Å². The minimum absolute atomic E-state index is 1.09. The van der Waals surface area contributed by atoms with Crippen molar-refractivity contribution in [2.75, 3.05) is 0 Å². The third-order valence-corrected chi connectivity index (χ3v) is 7.15. The SMILES string of the molecule is Brc1ccc2c(c1)c1cc(Br)ccc1c1cc(-c3ccccc3)c(-c3ccccc3)cc21. The van der Waals surface area contributed by atoms with Crippen LogP contribution in [0.5, 0.6) is 0 Å². The highest BCUT2D eigenvalue weighted by molar-refractivity contribution is 9.10. The maximum Gasteiger partial charge on any atom is 0.0181 e. The van der Waals surface area contributed by atoms with Gasteiger partial charge in [0.1, 0.15) is 0 Å². The summed E-state index contributed by atoms with van der Waals surface area (Å²) in [5, 5.41) is 7.61. The van der Waals surface area contributed by atoms with Gasteiger partial charge >= 0.3 is 0 Å². The van der Waals surface area contributed by atoms with Gasteiger partial charge in [0.25, 0.3) is 0 Å². The van der Waals surface area contributed by atoms with Gasteiger partial charge in [-0.2, -0.15) is 0 Å². The van der Waals surface area contributed by atoms with Crippen LogP contribution in [0.1, 0.15) is 0 Å². The van der Waals surface area contributed by atoms with E-state index in [-0.39, 0.29) is 0 Å². The second-order valence-electron chi connectivity index (χ2n) is 8.06. The van der Waals surface area contributed by atoms with Crippen LogP contribution in [-0.2, 0) is 0 Å². The molecule has 0 aliphatic rings. The maximum atomic E-state index is 3.68. The molecule has 6 aromatic carbocycles. The van der Waals surface area contributed by atoms with Crippen LogP contribution in [-0.4, -0.2) is 0 Å². The Morgan fingerprint density at radius 2 is 0.719 bits per heavy atom. The van der Waals surface area contributed by atoms with Gasteiger partial charge in [0.15, 0.2) is 0 Å². The summed E-state index contributed by atoms with van der Waals surface area (Å²) in [5.41, 5.74) is 4.97. The molecule has 0 aliphatic heterocycles. The van der Waals surface area contributed by atoms with Crippen LogP contribution in [0.15, 0.2) is 118 Å². The molecule has 6 aromatic rings. The van der Waals surface area contributed by atoms with E-state index in [9.17, 15) is 0 Å². The summed E-state index contributed by atoms with van der Waals surface area (Å²) in [5.74, 6) is 0. The van der Waals surface area contributed by atoms with Gasteiger partial charge in [-0.25, -0.2) is 0 Å². The Kier molecular flexibility index (Phi) is 4.86. The fraction of sp³-hybridized carbons (Fsp3) is 0. The molecule has 0 heterocycles. The zero-order valence-corrected chi connectivity index (χ0v) is 20.3. The van der Waals surface area contributed by atoms with E-state index in [2.05, 4.69) is 141 Å². The first-order valence-corrected chi connectivity index (χ1v) is 12.2. The zero-order valence-electron chi connectivity index (χ0n) is 17.1. The molecule has 0 bridgehead atoms. The Balaban J connectivity index is 1.83. The molecule has 2 heteroatoms. The summed E-state index contributed by atoms with van der Waals surface area (Å²) in [4.78, 5) is 0. The number of fused-ring (bicyclic) bond motifs is 6. The molecule has 0 amide bonds. The lowest BCUT2D eigenvalue weighted by Gasteiger charge is -2.17. The van der Waals surface area contributed by atoms with Crippen molar-refractivity contribution in [1.29, 1.82) is 0 Å². The maximum absolute atomic E-state index is 3.68. The molecule has 0 atom stereocenters. The average molecular weight is 538 g/mol. The first kappa shape index (κ1) is 19.7. The van der Waals surface area contributed by atoms with E-state index in [0.717, 1.165) is 8.95 Å². The fourth-order valence-electron chi connectivity index (χ4n) is 4.71. The minimum Gasteiger partial charge on any atom is -0.0622 e. The van der Waals surface area contributed by atoms with Crippen LogP contribution in [0.2, 0.25) is 0 Å². The molecule has 0 fully saturated rings. The van der Waals surface area contributed by atoms with E-state index in [0.29, 0.717) is 0 Å². The van der Waals surface area contributed by atoms with Crippen LogP contribution in [0.3, 0.4) is 0 Å². The molecule has 0 saturated carbocycles. The molecule has 0 saturated heterocycles. The van der Waals surface area contributed by atoms with Gasteiger partial charge in [0, 0.05) is 8.95 Å². The summed E-state index contributed by atoms with van der Waals surface area (Å²) in [6, 6.07) is 39.4. The standard InChI is InChI=1S/C30H18Br2/c31-21-11-13-23-27(15-21)28-16-22(32)12-14-24(28)30-18-26(20-9-5-2-6-10-20)25(17-29(23)30)19-7-3-1-4-8-19/h1-18H. The van der Waals surface area contributed by atoms with Crippen molar-refractivity contribution < 1.29 is 0 Å². The highest BCUT2D eigenvalue weighted by Crippen LogP contribution is 2.42. The Morgan fingerprint density at radius 1 is 0.344 bits per heavy atom. The number of hydrogen-bond donors (Lipinski definition) is 0. The first-order valence-electron chi connectivity index (χ1n) is 10.6. The molecule has 0 unspecified atom stereocenters. The van der Waals surface area contributed by atoms with Gasteiger partial charge in [-0.1, -0.05) is 105 Å². The highest BCUT2D eigenvalue weighted by Gasteiger charge is 2.15. The van der Waals surface area contributed by atoms with Crippen molar-refractivity contribution in [2.45, 2.75) is 0 Å². The molecule has 0 N–H and O–H groups in total. The van der Waals surface area contributed by atoms with Crippen molar-refractivity contribution in [2.24, 2.45) is 0 Å². The molecule has 152 valence electrons. The molecule has 0 nitrogen and oxygen atoms in total. The summed E-state index contributed by atoms with van der Waals surface area (Å²) in [6.07, 6.45) is 0. The van der Waals surface area contributed by atoms with E-state index >= 15 is 0 Å². The third kappa shape index (κ3) is 3.26. The van der Waals surface area contributed by atoms with Crippen LogP contribution >= 0.6 is 31.9 Å². The Morgan fingerprint density at radius 3 is 1.12 bits per heavy atom. The van der Waals surface area contributed by atoms with E-state index in [4.69, 9.17) is 0 Å². The summed E-state index contributed by atoms with van der Waals surface area (Å²) < 4.78 is 2.18. The molecular formula is C30H18Br2. The lowest BCUT2D eigenvalue weighted by atomic mass is 9.87. The van der Waals surface area contributed by atoms with E-state index in [1.807, 2.05) is 0 Å². The van der Waals surface area contributed by atoms with Crippen LogP contribution in [0, 0.1) is 0 Å². The van der Waals surface area contributed by atoms with Gasteiger partial charge in [0.2, 0.25) is 0 Å². The van der Waals surface area contributed by atoms with Crippen molar-refractivity contribution in [3.63, 3.8) is 0 Å². The second kappa shape index (κ2) is 7.88. The summed E-state index contributed by atoms with van der Waals surface area (Å²) in [6.45, 7) is 0. The lowest BCUT2D eigenvalue weighted by Crippen LogP contribution is -1.90. The third-order valence-electron chi connectivity index (χ3n) is 6.16. The smallest absolute Gasteiger partial charge is 0.0181 e. The normalized spacial score (nSPS) is 11.4. The van der Waals surface area contributed by atoms with Crippen LogP contribution < -0.4 is 0 Å². The lowest BCUT2D eigenvalue weighted by molar-refractivity contribution is 1.61. The van der Waals surface area contributed by atoms with Gasteiger partial charge < -0.3 is 0 Å². The first-order chi connectivity index (χ1) is 15.7. The van der Waals surface area contributed by atoms with Crippen molar-refractivity contribution in [3.05, 3.63) is 118 Å². The molecule has 6 rings (SSSR count). The quantitative estimate of drug-likeness (QED) is 0.193. The Labute approximate surface area is 203 Å². The van der Waals surface area contributed by atoms with Gasteiger partial charge in [0.05, 0.1) is 0 Å². The van der Waals surface area contributed by atoms with Crippen molar-refractivity contribution in [1.82, 2.24) is 0 Å². The van der Waals surface area contributed by atoms with E-state index in [1.54, 1.807) is 0 Å². The van der Waals surface area contributed by atoms with Crippen LogP contribution in [0.4, 0.5) is 0 Å². The highest BCUT2D eigenvalue weighted by atomic mass is 79.9. The predicted molar refractivity (Wildman–Crippen MR) is 145 cm³/mol. The van der Waals surface area contributed by atoms with Gasteiger partial charge in [-0.3, -0.25) is 0 Å². The second-order valence-corrected chi connectivity index (χ2v) is 9.89.